The Labute approximate surface area is 166 Å². The van der Waals surface area contributed by atoms with Gasteiger partial charge in [-0.15, -0.1) is 11.3 Å². The Morgan fingerprint density at radius 3 is 2.69 bits per heavy atom. The molecule has 0 atom stereocenters. The highest BCUT2D eigenvalue weighted by molar-refractivity contribution is 9.10. The molecule has 0 N–H and O–H groups in total. The predicted octanol–water partition coefficient (Wildman–Crippen LogP) is 5.61. The van der Waals surface area contributed by atoms with Crippen LogP contribution < -0.4 is 10.3 Å². The molecule has 0 aliphatic heterocycles. The van der Waals surface area contributed by atoms with Crippen LogP contribution in [0.5, 0.6) is 5.75 Å². The molecule has 26 heavy (non-hydrogen) atoms. The van der Waals surface area contributed by atoms with Crippen LogP contribution in [-0.2, 0) is 11.5 Å². The van der Waals surface area contributed by atoms with Crippen LogP contribution in [0.2, 0.25) is 25.7 Å². The van der Waals surface area contributed by atoms with Crippen LogP contribution in [0.3, 0.4) is 0 Å². The Bertz CT molecular complexity index is 1020. The third-order valence-corrected chi connectivity index (χ3v) is 7.87. The quantitative estimate of drug-likeness (QED) is 0.359. The van der Waals surface area contributed by atoms with Gasteiger partial charge in [0, 0.05) is 25.5 Å². The summed E-state index contributed by atoms with van der Waals surface area (Å²) in [5, 5.41) is 3.93. The normalized spacial score (nSPS) is 12.2. The Balaban J connectivity index is 2.16. The molecule has 0 aliphatic rings. The van der Waals surface area contributed by atoms with E-state index in [1.165, 1.54) is 11.3 Å². The average Bonchev–Trinajstić information content (AvgIpc) is 3.05. The molecule has 2 aromatic heterocycles. The molecule has 0 spiro atoms. The summed E-state index contributed by atoms with van der Waals surface area (Å²) in [5.74, 6) is 0.771. The van der Waals surface area contributed by atoms with Gasteiger partial charge in [0.15, 0.2) is 0 Å². The second-order valence-electron chi connectivity index (χ2n) is 7.68. The lowest BCUT2D eigenvalue weighted by Crippen LogP contribution is -2.25. The summed E-state index contributed by atoms with van der Waals surface area (Å²) < 4.78 is 14.8. The predicted molar refractivity (Wildman–Crippen MR) is 117 cm³/mol. The van der Waals surface area contributed by atoms with Crippen LogP contribution in [0, 0.1) is 6.92 Å². The molecule has 3 aromatic rings. The summed E-state index contributed by atoms with van der Waals surface area (Å²) >= 11 is 5.15. The molecule has 140 valence electrons. The molecule has 3 rings (SSSR count). The minimum Gasteiger partial charge on any atom is -0.496 e. The Morgan fingerprint density at radius 2 is 2.04 bits per heavy atom. The number of fused-ring (bicyclic) bond motifs is 3. The van der Waals surface area contributed by atoms with Crippen LogP contribution in [0.4, 0.5) is 0 Å². The van der Waals surface area contributed by atoms with Crippen LogP contribution >= 0.6 is 27.3 Å². The maximum absolute atomic E-state index is 13.1. The van der Waals surface area contributed by atoms with Gasteiger partial charge in [-0.1, -0.05) is 19.6 Å². The van der Waals surface area contributed by atoms with Gasteiger partial charge in [0.25, 0.3) is 5.56 Å². The number of rotatable bonds is 6. The van der Waals surface area contributed by atoms with Crippen molar-refractivity contribution in [1.29, 1.82) is 0 Å². The Morgan fingerprint density at radius 1 is 1.31 bits per heavy atom. The van der Waals surface area contributed by atoms with Crippen molar-refractivity contribution in [2.45, 2.75) is 39.3 Å². The fourth-order valence-corrected chi connectivity index (χ4v) is 5.33. The lowest BCUT2D eigenvalue weighted by Gasteiger charge is -2.18. The van der Waals surface area contributed by atoms with E-state index in [4.69, 9.17) is 9.47 Å². The lowest BCUT2D eigenvalue weighted by atomic mass is 10.1. The summed E-state index contributed by atoms with van der Waals surface area (Å²) in [6.45, 7) is 9.93. The molecule has 1 aromatic carbocycles. The fraction of sp³-hybridized carbons (Fsp3) is 0.421. The molecule has 0 unspecified atom stereocenters. The number of nitrogens with zero attached hydrogens (tertiary/aromatic N) is 1. The number of aromatic nitrogens is 1. The largest absolute Gasteiger partial charge is 0.496 e. The minimum atomic E-state index is -1.16. The molecule has 4 nitrogen and oxygen atoms in total. The zero-order valence-electron chi connectivity index (χ0n) is 15.8. The van der Waals surface area contributed by atoms with Crippen molar-refractivity contribution in [3.05, 3.63) is 37.9 Å². The third kappa shape index (κ3) is 3.62. The first-order valence-electron chi connectivity index (χ1n) is 8.59. The van der Waals surface area contributed by atoms with E-state index in [2.05, 4.69) is 35.6 Å². The van der Waals surface area contributed by atoms with E-state index in [0.29, 0.717) is 6.61 Å². The number of thiophene rings is 1. The highest BCUT2D eigenvalue weighted by atomic mass is 79.9. The highest BCUT2D eigenvalue weighted by Crippen LogP contribution is 2.39. The molecule has 0 fully saturated rings. The summed E-state index contributed by atoms with van der Waals surface area (Å²) in [6.07, 6.45) is 0. The van der Waals surface area contributed by atoms with Crippen molar-refractivity contribution in [2.75, 3.05) is 13.7 Å². The molecule has 0 saturated heterocycles. The number of halogens is 1. The SMILES string of the molecule is COc1cc(C)c2c(c1Br)c1ccsc1c(=O)n2COCC[Si](C)(C)C. The number of ether oxygens (including phenoxy) is 2. The van der Waals surface area contributed by atoms with Gasteiger partial charge >= 0.3 is 0 Å². The third-order valence-electron chi connectivity index (χ3n) is 4.47. The van der Waals surface area contributed by atoms with Gasteiger partial charge in [-0.3, -0.25) is 9.36 Å². The van der Waals surface area contributed by atoms with Gasteiger partial charge in [0.05, 0.1) is 17.1 Å². The number of hydrogen-bond donors (Lipinski definition) is 0. The number of hydrogen-bond acceptors (Lipinski definition) is 4. The second kappa shape index (κ2) is 7.46. The van der Waals surface area contributed by atoms with Gasteiger partial charge in [-0.2, -0.15) is 0 Å². The van der Waals surface area contributed by atoms with Gasteiger partial charge in [0.2, 0.25) is 0 Å². The molecule has 2 heterocycles. The van der Waals surface area contributed by atoms with Gasteiger partial charge in [0.1, 0.15) is 17.2 Å². The monoisotopic (exact) mass is 453 g/mol. The van der Waals surface area contributed by atoms with Crippen LogP contribution in [0.1, 0.15) is 5.56 Å². The van der Waals surface area contributed by atoms with E-state index in [1.54, 1.807) is 11.7 Å². The second-order valence-corrected chi connectivity index (χ2v) is 15.0. The van der Waals surface area contributed by atoms with E-state index < -0.39 is 8.07 Å². The first-order chi connectivity index (χ1) is 12.2. The van der Waals surface area contributed by atoms with Crippen molar-refractivity contribution in [2.24, 2.45) is 0 Å². The summed E-state index contributed by atoms with van der Waals surface area (Å²) in [7, 11) is 0.496. The molecule has 0 aliphatic carbocycles. The molecule has 0 saturated carbocycles. The van der Waals surface area contributed by atoms with Crippen LogP contribution in [0.15, 0.2) is 26.8 Å². The van der Waals surface area contributed by atoms with Crippen molar-refractivity contribution < 1.29 is 9.47 Å². The van der Waals surface area contributed by atoms with Crippen molar-refractivity contribution in [1.82, 2.24) is 4.57 Å². The van der Waals surface area contributed by atoms with Gasteiger partial charge in [-0.25, -0.2) is 0 Å². The van der Waals surface area contributed by atoms with E-state index >= 15 is 0 Å². The first-order valence-corrected chi connectivity index (χ1v) is 14.0. The Hall–Kier alpha value is -1.15. The van der Waals surface area contributed by atoms with Crippen LogP contribution in [-0.4, -0.2) is 26.4 Å². The van der Waals surface area contributed by atoms with E-state index in [0.717, 1.165) is 42.8 Å². The van der Waals surface area contributed by atoms with Gasteiger partial charge < -0.3 is 9.47 Å². The number of aryl methyl sites for hydroxylation is 1. The average molecular weight is 454 g/mol. The van der Waals surface area contributed by atoms with Crippen LogP contribution in [0.25, 0.3) is 21.0 Å². The number of benzene rings is 1. The van der Waals surface area contributed by atoms with E-state index in [-0.39, 0.29) is 12.3 Å². The van der Waals surface area contributed by atoms with Gasteiger partial charge in [-0.05, 0) is 52.0 Å². The maximum Gasteiger partial charge on any atom is 0.270 e. The lowest BCUT2D eigenvalue weighted by molar-refractivity contribution is 0.0881. The topological polar surface area (TPSA) is 40.5 Å². The van der Waals surface area contributed by atoms with Crippen molar-refractivity contribution >= 4 is 56.3 Å². The summed E-state index contributed by atoms with van der Waals surface area (Å²) in [4.78, 5) is 13.1. The smallest absolute Gasteiger partial charge is 0.270 e. The zero-order valence-corrected chi connectivity index (χ0v) is 19.2. The first kappa shape index (κ1) is 19.6. The fourth-order valence-electron chi connectivity index (χ4n) is 3.05. The molecule has 0 amide bonds. The van der Waals surface area contributed by atoms with E-state index in [9.17, 15) is 4.79 Å². The molecule has 0 radical (unpaired) electrons. The molecule has 0 bridgehead atoms. The van der Waals surface area contributed by atoms with E-state index in [1.807, 2.05) is 24.4 Å². The maximum atomic E-state index is 13.1. The molecular formula is C19H24BrNO3SSi. The summed E-state index contributed by atoms with van der Waals surface area (Å²) in [5.41, 5.74) is 1.91. The molecular weight excluding hydrogens is 430 g/mol. The Kier molecular flexibility index (Phi) is 5.63. The zero-order chi connectivity index (χ0) is 19.1. The molecule has 7 heteroatoms. The van der Waals surface area contributed by atoms with Crippen molar-refractivity contribution in [3.8, 4) is 5.75 Å². The summed E-state index contributed by atoms with van der Waals surface area (Å²) in [6, 6.07) is 5.05. The minimum absolute atomic E-state index is 0.00988. The number of pyridine rings is 1. The number of methoxy groups -OCH3 is 1. The van der Waals surface area contributed by atoms with Crippen molar-refractivity contribution in [3.63, 3.8) is 0 Å². The highest BCUT2D eigenvalue weighted by Gasteiger charge is 2.19. The standard InChI is InChI=1S/C19H24BrNO3SSi/c1-12-10-14(23-2)16(20)15-13-6-8-25-18(13)19(22)21(17(12)15)11-24-7-9-26(3,4)5/h6,8,10H,7,9,11H2,1-5H3.